The second kappa shape index (κ2) is 5.85. The average molecular weight is 267 g/mol. The first-order valence-electron chi connectivity index (χ1n) is 6.19. The molecule has 0 radical (unpaired) electrons. The van der Waals surface area contributed by atoms with Crippen LogP contribution in [0.4, 0.5) is 17.1 Å². The molecule has 1 N–H and O–H groups in total. The Hall–Kier alpha value is -2.87. The summed E-state index contributed by atoms with van der Waals surface area (Å²) in [4.78, 5) is 10.2. The van der Waals surface area contributed by atoms with Crippen molar-refractivity contribution in [2.45, 2.75) is 13.3 Å². The van der Waals surface area contributed by atoms with Crippen molar-refractivity contribution in [3.8, 4) is 6.07 Å². The van der Waals surface area contributed by atoms with E-state index < -0.39 is 4.92 Å². The Balaban J connectivity index is 2.35. The summed E-state index contributed by atoms with van der Waals surface area (Å²) in [5, 5.41) is 23.0. The van der Waals surface area contributed by atoms with Gasteiger partial charge in [0.1, 0.15) is 11.6 Å². The number of nitro benzene ring substituents is 1. The van der Waals surface area contributed by atoms with Gasteiger partial charge in [0, 0.05) is 17.4 Å². The monoisotopic (exact) mass is 267 g/mol. The lowest BCUT2D eigenvalue weighted by molar-refractivity contribution is -0.385. The SMILES string of the molecule is CCc1ccccc1Nc1ccc([N+](=O)[O-])c(C#N)c1. The second-order valence-electron chi connectivity index (χ2n) is 4.24. The fraction of sp³-hybridized carbons (Fsp3) is 0.133. The van der Waals surface area contributed by atoms with Gasteiger partial charge in [0.2, 0.25) is 0 Å². The van der Waals surface area contributed by atoms with E-state index in [0.29, 0.717) is 5.69 Å². The van der Waals surface area contributed by atoms with Crippen LogP contribution in [0.1, 0.15) is 18.1 Å². The number of aryl methyl sites for hydroxylation is 1. The van der Waals surface area contributed by atoms with E-state index in [1.54, 1.807) is 6.07 Å². The van der Waals surface area contributed by atoms with Gasteiger partial charge >= 0.3 is 0 Å². The van der Waals surface area contributed by atoms with Crippen LogP contribution in [0, 0.1) is 21.4 Å². The van der Waals surface area contributed by atoms with E-state index in [4.69, 9.17) is 5.26 Å². The van der Waals surface area contributed by atoms with Crippen molar-refractivity contribution in [1.82, 2.24) is 0 Å². The van der Waals surface area contributed by atoms with E-state index in [0.717, 1.165) is 17.7 Å². The summed E-state index contributed by atoms with van der Waals surface area (Å²) in [7, 11) is 0. The maximum absolute atomic E-state index is 10.8. The Morgan fingerprint density at radius 2 is 2.05 bits per heavy atom. The molecule has 0 amide bonds. The molecular weight excluding hydrogens is 254 g/mol. The number of nitro groups is 1. The first kappa shape index (κ1) is 13.6. The van der Waals surface area contributed by atoms with Crippen molar-refractivity contribution >= 4 is 17.1 Å². The van der Waals surface area contributed by atoms with Crippen LogP contribution in [0.5, 0.6) is 0 Å². The Kier molecular flexibility index (Phi) is 3.96. The molecule has 0 aliphatic heterocycles. The number of nitriles is 1. The summed E-state index contributed by atoms with van der Waals surface area (Å²) < 4.78 is 0. The normalized spacial score (nSPS) is 9.80. The van der Waals surface area contributed by atoms with Gasteiger partial charge in [0.05, 0.1) is 4.92 Å². The Morgan fingerprint density at radius 3 is 2.70 bits per heavy atom. The van der Waals surface area contributed by atoms with E-state index in [1.807, 2.05) is 30.3 Å². The lowest BCUT2D eigenvalue weighted by atomic mass is 10.1. The molecule has 0 aliphatic rings. The van der Waals surface area contributed by atoms with Crippen LogP contribution in [0.2, 0.25) is 0 Å². The third kappa shape index (κ3) is 2.75. The fourth-order valence-electron chi connectivity index (χ4n) is 1.97. The van der Waals surface area contributed by atoms with E-state index in [9.17, 15) is 10.1 Å². The van der Waals surface area contributed by atoms with Crippen LogP contribution >= 0.6 is 0 Å². The number of hydrogen-bond acceptors (Lipinski definition) is 4. The summed E-state index contributed by atoms with van der Waals surface area (Å²) in [6.45, 7) is 2.05. The van der Waals surface area contributed by atoms with Gasteiger partial charge in [0.25, 0.3) is 5.69 Å². The standard InChI is InChI=1S/C15H13N3O2/c1-2-11-5-3-4-6-14(11)17-13-7-8-15(18(19)20)12(9-13)10-16/h3-9,17H,2H2,1H3. The second-order valence-corrected chi connectivity index (χ2v) is 4.24. The predicted molar refractivity (Wildman–Crippen MR) is 76.9 cm³/mol. The topological polar surface area (TPSA) is 79.0 Å². The third-order valence-electron chi connectivity index (χ3n) is 2.99. The minimum atomic E-state index is -0.553. The first-order valence-corrected chi connectivity index (χ1v) is 6.19. The molecule has 0 saturated heterocycles. The molecule has 5 heteroatoms. The summed E-state index contributed by atoms with van der Waals surface area (Å²) >= 11 is 0. The molecular formula is C15H13N3O2. The minimum absolute atomic E-state index is 0.0500. The minimum Gasteiger partial charge on any atom is -0.355 e. The van der Waals surface area contributed by atoms with Gasteiger partial charge in [-0.3, -0.25) is 10.1 Å². The van der Waals surface area contributed by atoms with E-state index in [-0.39, 0.29) is 11.3 Å². The molecule has 20 heavy (non-hydrogen) atoms. The number of para-hydroxylation sites is 1. The van der Waals surface area contributed by atoms with Crippen molar-refractivity contribution < 1.29 is 4.92 Å². The summed E-state index contributed by atoms with van der Waals surface area (Å²) in [5.74, 6) is 0. The Morgan fingerprint density at radius 1 is 1.30 bits per heavy atom. The third-order valence-corrected chi connectivity index (χ3v) is 2.99. The van der Waals surface area contributed by atoms with Crippen molar-refractivity contribution in [3.05, 3.63) is 63.7 Å². The highest BCUT2D eigenvalue weighted by Crippen LogP contribution is 2.26. The van der Waals surface area contributed by atoms with Crippen molar-refractivity contribution in [3.63, 3.8) is 0 Å². The summed E-state index contributed by atoms with van der Waals surface area (Å²) in [5.41, 5.74) is 2.61. The van der Waals surface area contributed by atoms with Crippen molar-refractivity contribution in [2.24, 2.45) is 0 Å². The smallest absolute Gasteiger partial charge is 0.287 e. The summed E-state index contributed by atoms with van der Waals surface area (Å²) in [6, 6.07) is 14.1. The van der Waals surface area contributed by atoms with Gasteiger partial charge in [0.15, 0.2) is 0 Å². The first-order chi connectivity index (χ1) is 9.65. The number of hydrogen-bond donors (Lipinski definition) is 1. The van der Waals surface area contributed by atoms with Crippen LogP contribution in [-0.2, 0) is 6.42 Å². The molecule has 0 atom stereocenters. The number of benzene rings is 2. The molecule has 0 spiro atoms. The van der Waals surface area contributed by atoms with Gasteiger partial charge in [-0.1, -0.05) is 25.1 Å². The van der Waals surface area contributed by atoms with Crippen molar-refractivity contribution in [2.75, 3.05) is 5.32 Å². The van der Waals surface area contributed by atoms with Crippen LogP contribution in [0.25, 0.3) is 0 Å². The molecule has 0 aromatic heterocycles. The maximum atomic E-state index is 10.8. The predicted octanol–water partition coefficient (Wildman–Crippen LogP) is 3.77. The lowest BCUT2D eigenvalue weighted by Crippen LogP contribution is -1.97. The Labute approximate surface area is 116 Å². The quantitative estimate of drug-likeness (QED) is 0.675. The van der Waals surface area contributed by atoms with Crippen LogP contribution in [0.3, 0.4) is 0 Å². The molecule has 0 aliphatic carbocycles. The molecule has 2 aromatic carbocycles. The van der Waals surface area contributed by atoms with E-state index in [2.05, 4.69) is 12.2 Å². The molecule has 2 aromatic rings. The van der Waals surface area contributed by atoms with Crippen molar-refractivity contribution in [1.29, 1.82) is 5.26 Å². The number of rotatable bonds is 4. The molecule has 0 heterocycles. The largest absolute Gasteiger partial charge is 0.355 e. The lowest BCUT2D eigenvalue weighted by Gasteiger charge is -2.11. The van der Waals surface area contributed by atoms with Gasteiger partial charge in [-0.15, -0.1) is 0 Å². The van der Waals surface area contributed by atoms with Crippen LogP contribution in [0.15, 0.2) is 42.5 Å². The molecule has 0 unspecified atom stereocenters. The zero-order valence-electron chi connectivity index (χ0n) is 11.0. The van der Waals surface area contributed by atoms with Gasteiger partial charge in [-0.05, 0) is 30.2 Å². The highest BCUT2D eigenvalue weighted by Gasteiger charge is 2.13. The molecule has 0 fully saturated rings. The molecule has 100 valence electrons. The van der Waals surface area contributed by atoms with Crippen LogP contribution in [-0.4, -0.2) is 4.92 Å². The highest BCUT2D eigenvalue weighted by atomic mass is 16.6. The van der Waals surface area contributed by atoms with E-state index >= 15 is 0 Å². The summed E-state index contributed by atoms with van der Waals surface area (Å²) in [6.07, 6.45) is 0.876. The van der Waals surface area contributed by atoms with Crippen LogP contribution < -0.4 is 5.32 Å². The Bertz CT molecular complexity index is 690. The number of nitrogens with zero attached hydrogens (tertiary/aromatic N) is 2. The average Bonchev–Trinajstić information content (AvgIpc) is 2.47. The molecule has 0 bridgehead atoms. The number of nitrogens with one attached hydrogen (secondary N) is 1. The highest BCUT2D eigenvalue weighted by molar-refractivity contribution is 5.67. The number of anilines is 2. The molecule has 5 nitrogen and oxygen atoms in total. The van der Waals surface area contributed by atoms with Gasteiger partial charge in [-0.2, -0.15) is 5.26 Å². The zero-order valence-corrected chi connectivity index (χ0v) is 11.0. The van der Waals surface area contributed by atoms with E-state index in [1.165, 1.54) is 12.1 Å². The fourth-order valence-corrected chi connectivity index (χ4v) is 1.97. The molecule has 2 rings (SSSR count). The zero-order chi connectivity index (χ0) is 14.5. The van der Waals surface area contributed by atoms with Gasteiger partial charge < -0.3 is 5.32 Å². The maximum Gasteiger partial charge on any atom is 0.287 e. The van der Waals surface area contributed by atoms with Gasteiger partial charge in [-0.25, -0.2) is 0 Å². The molecule has 0 saturated carbocycles.